The summed E-state index contributed by atoms with van der Waals surface area (Å²) in [5, 5.41) is 9.74. The number of aromatic nitrogens is 2. The van der Waals surface area contributed by atoms with E-state index in [0.717, 1.165) is 0 Å². The van der Waals surface area contributed by atoms with Crippen molar-refractivity contribution in [2.24, 2.45) is 5.73 Å². The summed E-state index contributed by atoms with van der Waals surface area (Å²) in [6, 6.07) is 1.23. The van der Waals surface area contributed by atoms with Gasteiger partial charge in [0.25, 0.3) is 5.56 Å². The Kier molecular flexibility index (Phi) is 3.66. The zero-order valence-electron chi connectivity index (χ0n) is 8.75. The Hall–Kier alpha value is -0.710. The summed E-state index contributed by atoms with van der Waals surface area (Å²) in [5.41, 5.74) is 4.62. The maximum Gasteiger partial charge on any atom is 0.330 e. The number of nitrogens with two attached hydrogens (primary N) is 1. The molecule has 0 aliphatic carbocycles. The molecular weight excluding hydrogens is 341 g/mol. The van der Waals surface area contributed by atoms with Crippen molar-refractivity contribution in [1.82, 2.24) is 9.55 Å². The second kappa shape index (κ2) is 4.88. The second-order valence-electron chi connectivity index (χ2n) is 3.82. The zero-order chi connectivity index (χ0) is 12.6. The lowest BCUT2D eigenvalue weighted by atomic mass is 10.2. The lowest BCUT2D eigenvalue weighted by Gasteiger charge is -2.17. The summed E-state index contributed by atoms with van der Waals surface area (Å²) in [5.74, 6) is 0. The first-order valence-corrected chi connectivity index (χ1v) is 6.28. The van der Waals surface area contributed by atoms with E-state index in [1.165, 1.54) is 16.8 Å². The van der Waals surface area contributed by atoms with Crippen LogP contribution in [0.15, 0.2) is 21.9 Å². The fourth-order valence-electron chi connectivity index (χ4n) is 1.79. The first kappa shape index (κ1) is 12.7. The van der Waals surface area contributed by atoms with Crippen LogP contribution in [0.4, 0.5) is 0 Å². The zero-order valence-corrected chi connectivity index (χ0v) is 10.9. The molecule has 4 N–H and O–H groups in total. The number of aromatic amines is 1. The molecule has 4 atom stereocenters. The second-order valence-corrected chi connectivity index (χ2v) is 5.26. The molecule has 1 fully saturated rings. The number of nitrogens with one attached hydrogen (secondary N) is 1. The predicted molar refractivity (Wildman–Crippen MR) is 67.9 cm³/mol. The molecule has 2 rings (SSSR count). The first-order chi connectivity index (χ1) is 7.99. The van der Waals surface area contributed by atoms with Crippen LogP contribution in [-0.2, 0) is 4.74 Å². The predicted octanol–water partition coefficient (Wildman–Crippen LogP) is -1.10. The maximum atomic E-state index is 11.5. The highest BCUT2D eigenvalue weighted by molar-refractivity contribution is 14.1. The molecule has 17 heavy (non-hydrogen) atoms. The first-order valence-electron chi connectivity index (χ1n) is 5.03. The molecule has 8 heteroatoms. The van der Waals surface area contributed by atoms with Crippen LogP contribution in [0, 0.1) is 0 Å². The number of halogens is 1. The van der Waals surface area contributed by atoms with Gasteiger partial charge in [-0.3, -0.25) is 14.3 Å². The van der Waals surface area contributed by atoms with Gasteiger partial charge in [0.1, 0.15) is 12.3 Å². The monoisotopic (exact) mass is 353 g/mol. The van der Waals surface area contributed by atoms with Crippen LogP contribution in [-0.4, -0.2) is 30.9 Å². The van der Waals surface area contributed by atoms with Gasteiger partial charge in [-0.1, -0.05) is 22.6 Å². The molecule has 1 aromatic rings. The number of nitrogens with zero attached hydrogens (tertiary/aromatic N) is 1. The van der Waals surface area contributed by atoms with E-state index < -0.39 is 29.7 Å². The van der Waals surface area contributed by atoms with Gasteiger partial charge in [-0.15, -0.1) is 0 Å². The molecular formula is C9H12IN3O4. The number of H-pyrrole nitrogens is 1. The highest BCUT2D eigenvalue weighted by atomic mass is 127. The van der Waals surface area contributed by atoms with E-state index in [1.807, 2.05) is 22.6 Å². The van der Waals surface area contributed by atoms with Gasteiger partial charge in [0.05, 0.1) is 10.2 Å². The summed E-state index contributed by atoms with van der Waals surface area (Å²) >= 11 is 1.95. The van der Waals surface area contributed by atoms with Crippen molar-refractivity contribution in [1.29, 1.82) is 0 Å². The minimum absolute atomic E-state index is 0.271. The van der Waals surface area contributed by atoms with Crippen LogP contribution in [0.2, 0.25) is 0 Å². The van der Waals surface area contributed by atoms with Crippen molar-refractivity contribution in [2.75, 3.05) is 0 Å². The molecule has 1 aliphatic heterocycles. The van der Waals surface area contributed by atoms with Gasteiger partial charge in [0.2, 0.25) is 0 Å². The van der Waals surface area contributed by atoms with E-state index in [9.17, 15) is 14.7 Å². The van der Waals surface area contributed by atoms with Crippen LogP contribution in [0.25, 0.3) is 0 Å². The van der Waals surface area contributed by atoms with Crippen molar-refractivity contribution in [3.8, 4) is 0 Å². The van der Waals surface area contributed by atoms with Crippen LogP contribution < -0.4 is 17.0 Å². The molecule has 94 valence electrons. The van der Waals surface area contributed by atoms with E-state index in [4.69, 9.17) is 10.5 Å². The Morgan fingerprint density at radius 1 is 1.65 bits per heavy atom. The van der Waals surface area contributed by atoms with Crippen LogP contribution in [0.5, 0.6) is 0 Å². The average Bonchev–Trinajstić information content (AvgIpc) is 2.60. The number of hydrogen-bond acceptors (Lipinski definition) is 5. The number of aliphatic hydroxyl groups excluding tert-OH is 1. The van der Waals surface area contributed by atoms with Gasteiger partial charge in [-0.05, 0) is 0 Å². The lowest BCUT2D eigenvalue weighted by Crippen LogP contribution is -2.36. The number of rotatable bonds is 2. The molecule has 0 spiro atoms. The third kappa shape index (κ3) is 2.59. The molecule has 0 bridgehead atoms. The minimum atomic E-state index is -0.717. The summed E-state index contributed by atoms with van der Waals surface area (Å²) in [6.45, 7) is 0. The van der Waals surface area contributed by atoms with Crippen LogP contribution in [0.3, 0.4) is 0 Å². The highest BCUT2D eigenvalue weighted by Gasteiger charge is 2.38. The molecule has 7 nitrogen and oxygen atoms in total. The summed E-state index contributed by atoms with van der Waals surface area (Å²) in [6.07, 6.45) is -0.210. The molecule has 1 aliphatic rings. The average molecular weight is 353 g/mol. The van der Waals surface area contributed by atoms with Crippen molar-refractivity contribution in [2.45, 2.75) is 28.9 Å². The molecule has 1 unspecified atom stereocenters. The number of ether oxygens (including phenoxy) is 1. The van der Waals surface area contributed by atoms with Crippen molar-refractivity contribution >= 4 is 22.6 Å². The minimum Gasteiger partial charge on any atom is -0.390 e. The fraction of sp³-hybridized carbons (Fsp3) is 0.556. The Morgan fingerprint density at radius 3 is 2.88 bits per heavy atom. The molecule has 0 saturated carbocycles. The third-order valence-electron chi connectivity index (χ3n) is 2.61. The summed E-state index contributed by atoms with van der Waals surface area (Å²) in [7, 11) is 0. The van der Waals surface area contributed by atoms with Crippen LogP contribution in [0.1, 0.15) is 12.6 Å². The van der Waals surface area contributed by atoms with Gasteiger partial charge in [0.15, 0.2) is 0 Å². The SMILES string of the molecule is NC(I)[C@H]1O[C@@H](n2ccc(=O)[nH]c2=O)C[C@@H]1O. The maximum absolute atomic E-state index is 11.5. The van der Waals surface area contributed by atoms with E-state index in [1.54, 1.807) is 0 Å². The molecule has 2 heterocycles. The Morgan fingerprint density at radius 2 is 2.35 bits per heavy atom. The molecule has 1 saturated heterocycles. The number of alkyl halides is 1. The van der Waals surface area contributed by atoms with Crippen molar-refractivity contribution < 1.29 is 9.84 Å². The van der Waals surface area contributed by atoms with Gasteiger partial charge < -0.3 is 15.6 Å². The normalized spacial score (nSPS) is 30.4. The van der Waals surface area contributed by atoms with E-state index in [-0.39, 0.29) is 10.5 Å². The molecule has 0 radical (unpaired) electrons. The molecule has 0 aromatic carbocycles. The largest absolute Gasteiger partial charge is 0.390 e. The Balaban J connectivity index is 2.26. The van der Waals surface area contributed by atoms with Gasteiger partial charge in [-0.2, -0.15) is 0 Å². The lowest BCUT2D eigenvalue weighted by molar-refractivity contribution is -0.0179. The number of aliphatic hydroxyl groups is 1. The van der Waals surface area contributed by atoms with E-state index in [2.05, 4.69) is 4.98 Å². The highest BCUT2D eigenvalue weighted by Crippen LogP contribution is 2.30. The Labute approximate surface area is 110 Å². The number of hydrogen-bond donors (Lipinski definition) is 3. The van der Waals surface area contributed by atoms with Gasteiger partial charge in [0, 0.05) is 18.7 Å². The smallest absolute Gasteiger partial charge is 0.330 e. The van der Waals surface area contributed by atoms with Crippen molar-refractivity contribution in [3.63, 3.8) is 0 Å². The van der Waals surface area contributed by atoms with Gasteiger partial charge in [-0.25, -0.2) is 4.79 Å². The topological polar surface area (TPSA) is 110 Å². The molecule has 0 amide bonds. The third-order valence-corrected chi connectivity index (χ3v) is 3.32. The van der Waals surface area contributed by atoms with Gasteiger partial charge >= 0.3 is 5.69 Å². The molecule has 1 aromatic heterocycles. The summed E-state index contributed by atoms with van der Waals surface area (Å²) in [4.78, 5) is 24.6. The van der Waals surface area contributed by atoms with Crippen molar-refractivity contribution in [3.05, 3.63) is 33.1 Å². The van der Waals surface area contributed by atoms with Crippen LogP contribution >= 0.6 is 22.6 Å². The standard InChI is InChI=1S/C9H12IN3O4/c10-8(11)7-4(14)3-6(17-7)13-2-1-5(15)12-9(13)16/h1-2,4,6-8,14H,3,11H2,(H,12,15,16)/t4-,6+,7-,8?/m0/s1. The summed E-state index contributed by atoms with van der Waals surface area (Å²) < 4.78 is 6.38. The Bertz CT molecular complexity index is 511. The van der Waals surface area contributed by atoms with E-state index in [0.29, 0.717) is 0 Å². The van der Waals surface area contributed by atoms with E-state index >= 15 is 0 Å². The fourth-order valence-corrected chi connectivity index (χ4v) is 2.44. The quantitative estimate of drug-likeness (QED) is 0.355.